The molecule has 0 saturated carbocycles. The highest BCUT2D eigenvalue weighted by molar-refractivity contribution is 7.22. The molecule has 2 aromatic heterocycles. The maximum Gasteiger partial charge on any atom is 0.315 e. The number of benzene rings is 1. The van der Waals surface area contributed by atoms with Gasteiger partial charge >= 0.3 is 5.97 Å². The van der Waals surface area contributed by atoms with E-state index in [4.69, 9.17) is 4.74 Å². The summed E-state index contributed by atoms with van der Waals surface area (Å²) in [5, 5.41) is 3.82. The zero-order valence-electron chi connectivity index (χ0n) is 15.9. The van der Waals surface area contributed by atoms with Gasteiger partial charge in [0.15, 0.2) is 10.3 Å². The molecule has 29 heavy (non-hydrogen) atoms. The Hall–Kier alpha value is -2.59. The van der Waals surface area contributed by atoms with Gasteiger partial charge < -0.3 is 15.0 Å². The number of carbonyl (C=O) groups is 2. The maximum atomic E-state index is 13.8. The van der Waals surface area contributed by atoms with Crippen LogP contribution in [0.15, 0.2) is 18.2 Å². The molecule has 7 nitrogen and oxygen atoms in total. The molecule has 0 fully saturated rings. The summed E-state index contributed by atoms with van der Waals surface area (Å²) in [5.41, 5.74) is 1.01. The molecule has 3 aromatic rings. The fourth-order valence-electron chi connectivity index (χ4n) is 3.26. The van der Waals surface area contributed by atoms with Crippen LogP contribution in [0, 0.1) is 5.82 Å². The number of aromatic nitrogens is 2. The molecule has 0 saturated heterocycles. The summed E-state index contributed by atoms with van der Waals surface area (Å²) in [6, 6.07) is 4.80. The van der Waals surface area contributed by atoms with Gasteiger partial charge in [-0.3, -0.25) is 9.59 Å². The van der Waals surface area contributed by atoms with Gasteiger partial charge in [0.05, 0.1) is 23.5 Å². The molecule has 2 heterocycles. The topological polar surface area (TPSA) is 84.4 Å². The molecule has 1 aliphatic carbocycles. The number of amides is 1. The second kappa shape index (κ2) is 8.03. The largest absolute Gasteiger partial charge is 0.465 e. The number of para-hydroxylation sites is 1. The molecule has 1 amide bonds. The molecule has 1 aromatic carbocycles. The van der Waals surface area contributed by atoms with Gasteiger partial charge in [-0.1, -0.05) is 17.4 Å². The van der Waals surface area contributed by atoms with Crippen LogP contribution in [0.25, 0.3) is 10.2 Å². The number of esters is 1. The van der Waals surface area contributed by atoms with Crippen LogP contribution in [0.2, 0.25) is 0 Å². The van der Waals surface area contributed by atoms with Crippen LogP contribution >= 0.6 is 22.7 Å². The summed E-state index contributed by atoms with van der Waals surface area (Å²) in [7, 11) is 1.73. The molecule has 10 heteroatoms. The van der Waals surface area contributed by atoms with Crippen molar-refractivity contribution in [1.29, 1.82) is 0 Å². The van der Waals surface area contributed by atoms with Crippen LogP contribution < -0.4 is 10.2 Å². The van der Waals surface area contributed by atoms with E-state index in [1.54, 1.807) is 31.0 Å². The van der Waals surface area contributed by atoms with E-state index in [2.05, 4.69) is 15.3 Å². The molecular formula is C19H19FN4O3S2. The SMILES string of the molecule is CCOC(=O)C1CCc2sc(NC(=O)CN(C)c3nc4c(F)cccc4s3)nc21. The number of likely N-dealkylation sites (N-methyl/N-ethyl adjacent to an activating group) is 1. The Morgan fingerprint density at radius 2 is 2.17 bits per heavy atom. The van der Waals surface area contributed by atoms with E-state index in [1.165, 1.54) is 28.7 Å². The second-order valence-electron chi connectivity index (χ2n) is 6.66. The molecule has 1 N–H and O–H groups in total. The van der Waals surface area contributed by atoms with Gasteiger partial charge in [-0.15, -0.1) is 11.3 Å². The van der Waals surface area contributed by atoms with Crippen molar-refractivity contribution in [3.05, 3.63) is 34.6 Å². The lowest BCUT2D eigenvalue weighted by Gasteiger charge is -2.14. The molecule has 1 unspecified atom stereocenters. The summed E-state index contributed by atoms with van der Waals surface area (Å²) >= 11 is 2.71. The van der Waals surface area contributed by atoms with Crippen molar-refractivity contribution < 1.29 is 18.7 Å². The summed E-state index contributed by atoms with van der Waals surface area (Å²) < 4.78 is 19.7. The molecule has 0 radical (unpaired) electrons. The third kappa shape index (κ3) is 3.95. The van der Waals surface area contributed by atoms with E-state index in [9.17, 15) is 14.0 Å². The fourth-order valence-corrected chi connectivity index (χ4v) is 5.26. The van der Waals surface area contributed by atoms with Gasteiger partial charge in [-0.2, -0.15) is 0 Å². The van der Waals surface area contributed by atoms with Crippen LogP contribution in [0.5, 0.6) is 0 Å². The molecule has 0 aliphatic heterocycles. The van der Waals surface area contributed by atoms with E-state index in [-0.39, 0.29) is 30.2 Å². The Morgan fingerprint density at radius 3 is 2.93 bits per heavy atom. The molecule has 1 aliphatic rings. The number of fused-ring (bicyclic) bond motifs is 2. The van der Waals surface area contributed by atoms with Gasteiger partial charge in [0, 0.05) is 11.9 Å². The van der Waals surface area contributed by atoms with E-state index in [0.29, 0.717) is 34.5 Å². The number of carbonyl (C=O) groups excluding carboxylic acids is 2. The van der Waals surface area contributed by atoms with Crippen molar-refractivity contribution in [2.24, 2.45) is 0 Å². The average Bonchev–Trinajstić information content (AvgIpc) is 3.35. The first kappa shape index (κ1) is 19.7. The minimum Gasteiger partial charge on any atom is -0.465 e. The zero-order valence-corrected chi connectivity index (χ0v) is 17.5. The highest BCUT2D eigenvalue weighted by Crippen LogP contribution is 2.39. The highest BCUT2D eigenvalue weighted by Gasteiger charge is 2.33. The van der Waals surface area contributed by atoms with Crippen molar-refractivity contribution in [1.82, 2.24) is 9.97 Å². The van der Waals surface area contributed by atoms with Crippen LogP contribution in [-0.4, -0.2) is 42.0 Å². The number of hydrogen-bond donors (Lipinski definition) is 1. The van der Waals surface area contributed by atoms with E-state index in [1.807, 2.05) is 0 Å². The van der Waals surface area contributed by atoms with Crippen molar-refractivity contribution >= 4 is 55.0 Å². The molecule has 1 atom stereocenters. The highest BCUT2D eigenvalue weighted by atomic mass is 32.1. The number of nitrogens with zero attached hydrogens (tertiary/aromatic N) is 3. The van der Waals surface area contributed by atoms with E-state index < -0.39 is 0 Å². The molecular weight excluding hydrogens is 415 g/mol. The van der Waals surface area contributed by atoms with Crippen molar-refractivity contribution in [2.45, 2.75) is 25.7 Å². The summed E-state index contributed by atoms with van der Waals surface area (Å²) in [5.74, 6) is -1.26. The molecule has 0 bridgehead atoms. The normalized spacial score (nSPS) is 15.3. The lowest BCUT2D eigenvalue weighted by molar-refractivity contribution is -0.145. The number of hydrogen-bond acceptors (Lipinski definition) is 8. The quantitative estimate of drug-likeness (QED) is 0.597. The number of thiazole rings is 2. The standard InChI is InChI=1S/C19H19FN4O3S2/c1-3-27-17(26)10-7-8-13-15(10)22-18(28-13)21-14(25)9-24(2)19-23-16-11(20)5-4-6-12(16)29-19/h4-6,10H,3,7-9H2,1-2H3,(H,21,22,25). The Morgan fingerprint density at radius 1 is 1.34 bits per heavy atom. The predicted molar refractivity (Wildman–Crippen MR) is 111 cm³/mol. The Bertz CT molecular complexity index is 1080. The van der Waals surface area contributed by atoms with Gasteiger partial charge in [-0.25, -0.2) is 14.4 Å². The first-order valence-corrected chi connectivity index (χ1v) is 10.8. The number of halogens is 1. The van der Waals surface area contributed by atoms with Crippen molar-refractivity contribution in [3.63, 3.8) is 0 Å². The van der Waals surface area contributed by atoms with E-state index >= 15 is 0 Å². The first-order chi connectivity index (χ1) is 14.0. The Labute approximate surface area is 174 Å². The average molecular weight is 435 g/mol. The molecule has 0 spiro atoms. The number of aryl methyl sites for hydroxylation is 1. The van der Waals surface area contributed by atoms with Crippen LogP contribution in [0.3, 0.4) is 0 Å². The van der Waals surface area contributed by atoms with E-state index in [0.717, 1.165) is 16.0 Å². The van der Waals surface area contributed by atoms with Gasteiger partial charge in [0.2, 0.25) is 5.91 Å². The Kier molecular flexibility index (Phi) is 5.46. The number of nitrogens with one attached hydrogen (secondary N) is 1. The minimum atomic E-state index is -0.378. The summed E-state index contributed by atoms with van der Waals surface area (Å²) in [6.07, 6.45) is 1.45. The lowest BCUT2D eigenvalue weighted by atomic mass is 10.1. The second-order valence-corrected chi connectivity index (χ2v) is 8.75. The lowest BCUT2D eigenvalue weighted by Crippen LogP contribution is -2.30. The number of anilines is 2. The third-order valence-corrected chi connectivity index (χ3v) is 6.78. The first-order valence-electron chi connectivity index (χ1n) is 9.18. The zero-order chi connectivity index (χ0) is 20.5. The number of ether oxygens (including phenoxy) is 1. The van der Waals surface area contributed by atoms with Gasteiger partial charge in [0.1, 0.15) is 17.3 Å². The fraction of sp³-hybridized carbons (Fsp3) is 0.368. The van der Waals surface area contributed by atoms with Crippen LogP contribution in [0.1, 0.15) is 29.8 Å². The van der Waals surface area contributed by atoms with Crippen molar-refractivity contribution in [2.75, 3.05) is 30.4 Å². The smallest absolute Gasteiger partial charge is 0.315 e. The van der Waals surface area contributed by atoms with Crippen molar-refractivity contribution in [3.8, 4) is 0 Å². The van der Waals surface area contributed by atoms with Crippen LogP contribution in [-0.2, 0) is 20.7 Å². The summed E-state index contributed by atoms with van der Waals surface area (Å²) in [4.78, 5) is 35.9. The van der Waals surface area contributed by atoms with Gasteiger partial charge in [-0.05, 0) is 31.9 Å². The number of rotatable bonds is 6. The minimum absolute atomic E-state index is 0.0486. The summed E-state index contributed by atoms with van der Waals surface area (Å²) in [6.45, 7) is 2.16. The third-order valence-electron chi connectivity index (χ3n) is 4.60. The predicted octanol–water partition coefficient (Wildman–Crippen LogP) is 3.56. The maximum absolute atomic E-state index is 13.8. The van der Waals surface area contributed by atoms with Gasteiger partial charge in [0.25, 0.3) is 0 Å². The Balaban J connectivity index is 1.41. The van der Waals surface area contributed by atoms with Crippen LogP contribution in [0.4, 0.5) is 14.7 Å². The molecule has 152 valence electrons. The molecule has 4 rings (SSSR count). The monoisotopic (exact) mass is 434 g/mol.